The van der Waals surface area contributed by atoms with Gasteiger partial charge in [0.1, 0.15) is 0 Å². The Morgan fingerprint density at radius 1 is 1.17 bits per heavy atom. The van der Waals surface area contributed by atoms with Gasteiger partial charge in [-0.2, -0.15) is 13.2 Å². The van der Waals surface area contributed by atoms with Crippen molar-refractivity contribution >= 4 is 21.6 Å². The lowest BCUT2D eigenvalue weighted by molar-refractivity contribution is -0.137. The van der Waals surface area contributed by atoms with Crippen LogP contribution in [0.1, 0.15) is 12.0 Å². The second-order valence-electron chi connectivity index (χ2n) is 4.25. The van der Waals surface area contributed by atoms with Crippen LogP contribution in [0, 0.1) is 0 Å². The molecule has 0 saturated carbocycles. The smallest absolute Gasteiger partial charge is 0.370 e. The van der Waals surface area contributed by atoms with Crippen molar-refractivity contribution in [3.05, 3.63) is 28.2 Å². The van der Waals surface area contributed by atoms with Gasteiger partial charge in [-0.1, -0.05) is 15.9 Å². The van der Waals surface area contributed by atoms with E-state index in [1.807, 2.05) is 0 Å². The van der Waals surface area contributed by atoms with E-state index in [9.17, 15) is 13.2 Å². The Bertz CT molecular complexity index is 412. The quantitative estimate of drug-likeness (QED) is 0.853. The SMILES string of the molecule is FC(F)(F)c1ccc(Br)cc1N1CCCNCC1. The summed E-state index contributed by atoms with van der Waals surface area (Å²) in [6.45, 7) is 2.81. The van der Waals surface area contributed by atoms with Crippen molar-refractivity contribution < 1.29 is 13.2 Å². The van der Waals surface area contributed by atoms with Crippen molar-refractivity contribution in [2.45, 2.75) is 12.6 Å². The summed E-state index contributed by atoms with van der Waals surface area (Å²) in [7, 11) is 0. The molecule has 0 spiro atoms. The predicted octanol–water partition coefficient (Wildman–Crippen LogP) is 3.27. The normalized spacial score (nSPS) is 17.7. The first-order chi connectivity index (χ1) is 8.48. The number of rotatable bonds is 1. The van der Waals surface area contributed by atoms with Gasteiger partial charge >= 0.3 is 6.18 Å². The third-order valence-corrected chi connectivity index (χ3v) is 3.44. The van der Waals surface area contributed by atoms with Crippen LogP contribution in [-0.4, -0.2) is 26.2 Å². The van der Waals surface area contributed by atoms with Gasteiger partial charge < -0.3 is 10.2 Å². The summed E-state index contributed by atoms with van der Waals surface area (Å²) < 4.78 is 39.6. The maximum Gasteiger partial charge on any atom is 0.418 e. The second kappa shape index (κ2) is 5.48. The molecule has 100 valence electrons. The average Bonchev–Trinajstić information content (AvgIpc) is 2.55. The Morgan fingerprint density at radius 2 is 1.94 bits per heavy atom. The van der Waals surface area contributed by atoms with E-state index in [2.05, 4.69) is 21.2 Å². The van der Waals surface area contributed by atoms with E-state index < -0.39 is 11.7 Å². The molecule has 1 N–H and O–H groups in total. The number of benzene rings is 1. The number of hydrogen-bond acceptors (Lipinski definition) is 2. The predicted molar refractivity (Wildman–Crippen MR) is 68.8 cm³/mol. The number of nitrogens with one attached hydrogen (secondary N) is 1. The fraction of sp³-hybridized carbons (Fsp3) is 0.500. The summed E-state index contributed by atoms with van der Waals surface area (Å²) in [5.74, 6) is 0. The lowest BCUT2D eigenvalue weighted by Crippen LogP contribution is -2.29. The van der Waals surface area contributed by atoms with E-state index in [1.54, 1.807) is 11.0 Å². The van der Waals surface area contributed by atoms with E-state index >= 15 is 0 Å². The van der Waals surface area contributed by atoms with Crippen LogP contribution in [0.5, 0.6) is 0 Å². The first-order valence-electron chi connectivity index (χ1n) is 5.81. The fourth-order valence-electron chi connectivity index (χ4n) is 2.09. The standard InChI is InChI=1S/C12H14BrF3N2/c13-9-2-3-10(12(14,15)16)11(8-9)18-6-1-4-17-5-7-18/h2-3,8,17H,1,4-7H2. The Labute approximate surface area is 112 Å². The van der Waals surface area contributed by atoms with E-state index in [0.29, 0.717) is 24.1 Å². The molecule has 1 heterocycles. The second-order valence-corrected chi connectivity index (χ2v) is 5.17. The van der Waals surface area contributed by atoms with Crippen LogP contribution in [-0.2, 0) is 6.18 Å². The topological polar surface area (TPSA) is 15.3 Å². The van der Waals surface area contributed by atoms with Gasteiger partial charge in [0.15, 0.2) is 0 Å². The Hall–Kier alpha value is -0.750. The largest absolute Gasteiger partial charge is 0.418 e. The Morgan fingerprint density at radius 3 is 2.67 bits per heavy atom. The molecule has 1 fully saturated rings. The zero-order chi connectivity index (χ0) is 13.2. The van der Waals surface area contributed by atoms with E-state index in [0.717, 1.165) is 19.0 Å². The van der Waals surface area contributed by atoms with Crippen molar-refractivity contribution in [2.24, 2.45) is 0 Å². The molecular weight excluding hydrogens is 309 g/mol. The molecule has 0 radical (unpaired) electrons. The molecule has 2 nitrogen and oxygen atoms in total. The fourth-order valence-corrected chi connectivity index (χ4v) is 2.44. The lowest BCUT2D eigenvalue weighted by Gasteiger charge is -2.26. The van der Waals surface area contributed by atoms with Crippen molar-refractivity contribution in [1.82, 2.24) is 5.32 Å². The van der Waals surface area contributed by atoms with E-state index in [-0.39, 0.29) is 5.69 Å². The van der Waals surface area contributed by atoms with Gasteiger partial charge in [0.05, 0.1) is 11.3 Å². The summed E-state index contributed by atoms with van der Waals surface area (Å²) >= 11 is 3.24. The van der Waals surface area contributed by atoms with Gasteiger partial charge in [0.25, 0.3) is 0 Å². The number of hydrogen-bond donors (Lipinski definition) is 1. The summed E-state index contributed by atoms with van der Waals surface area (Å²) in [5, 5.41) is 3.19. The molecule has 6 heteroatoms. The molecule has 2 rings (SSSR count). The van der Waals surface area contributed by atoms with Crippen molar-refractivity contribution in [1.29, 1.82) is 0 Å². The summed E-state index contributed by atoms with van der Waals surface area (Å²) in [5.41, 5.74) is -0.298. The lowest BCUT2D eigenvalue weighted by atomic mass is 10.1. The van der Waals surface area contributed by atoms with Crippen LogP contribution in [0.25, 0.3) is 0 Å². The molecule has 1 saturated heterocycles. The number of nitrogens with zero attached hydrogens (tertiary/aromatic N) is 1. The summed E-state index contributed by atoms with van der Waals surface area (Å²) in [4.78, 5) is 1.80. The maximum atomic E-state index is 13.0. The number of anilines is 1. The van der Waals surface area contributed by atoms with Gasteiger partial charge in [-0.25, -0.2) is 0 Å². The highest BCUT2D eigenvalue weighted by Crippen LogP contribution is 2.38. The minimum Gasteiger partial charge on any atom is -0.370 e. The zero-order valence-corrected chi connectivity index (χ0v) is 11.3. The van der Waals surface area contributed by atoms with Gasteiger partial charge in [-0.15, -0.1) is 0 Å². The molecule has 0 atom stereocenters. The molecular formula is C12H14BrF3N2. The molecule has 18 heavy (non-hydrogen) atoms. The van der Waals surface area contributed by atoms with Crippen LogP contribution in [0.15, 0.2) is 22.7 Å². The zero-order valence-electron chi connectivity index (χ0n) is 9.73. The highest BCUT2D eigenvalue weighted by Gasteiger charge is 2.34. The monoisotopic (exact) mass is 322 g/mol. The van der Waals surface area contributed by atoms with E-state index in [1.165, 1.54) is 6.07 Å². The minimum absolute atomic E-state index is 0.264. The van der Waals surface area contributed by atoms with Gasteiger partial charge in [0, 0.05) is 24.1 Å². The Kier molecular flexibility index (Phi) is 4.17. The molecule has 1 aromatic rings. The Balaban J connectivity index is 2.37. The highest BCUT2D eigenvalue weighted by molar-refractivity contribution is 9.10. The van der Waals surface area contributed by atoms with Crippen LogP contribution in [0.2, 0.25) is 0 Å². The van der Waals surface area contributed by atoms with E-state index in [4.69, 9.17) is 0 Å². The van der Waals surface area contributed by atoms with Crippen LogP contribution < -0.4 is 10.2 Å². The minimum atomic E-state index is -4.31. The summed E-state index contributed by atoms with van der Waals surface area (Å²) in [6, 6.07) is 4.12. The maximum absolute atomic E-state index is 13.0. The first kappa shape index (κ1) is 13.7. The van der Waals surface area contributed by atoms with Crippen LogP contribution in [0.3, 0.4) is 0 Å². The number of alkyl halides is 3. The molecule has 1 aliphatic heterocycles. The average molecular weight is 323 g/mol. The molecule has 0 unspecified atom stereocenters. The third-order valence-electron chi connectivity index (χ3n) is 2.95. The van der Waals surface area contributed by atoms with Crippen molar-refractivity contribution in [2.75, 3.05) is 31.1 Å². The van der Waals surface area contributed by atoms with Crippen molar-refractivity contribution in [3.8, 4) is 0 Å². The number of halogens is 4. The summed E-state index contributed by atoms with van der Waals surface area (Å²) in [6.07, 6.45) is -3.46. The van der Waals surface area contributed by atoms with Crippen LogP contribution in [0.4, 0.5) is 18.9 Å². The first-order valence-corrected chi connectivity index (χ1v) is 6.60. The highest BCUT2D eigenvalue weighted by atomic mass is 79.9. The molecule has 0 amide bonds. The molecule has 1 aromatic carbocycles. The molecule has 0 aromatic heterocycles. The van der Waals surface area contributed by atoms with Crippen LogP contribution >= 0.6 is 15.9 Å². The van der Waals surface area contributed by atoms with Gasteiger partial charge in [-0.05, 0) is 31.2 Å². The van der Waals surface area contributed by atoms with Gasteiger partial charge in [-0.3, -0.25) is 0 Å². The molecule has 0 bridgehead atoms. The molecule has 0 aliphatic carbocycles. The molecule has 1 aliphatic rings. The third kappa shape index (κ3) is 3.17. The van der Waals surface area contributed by atoms with Crippen molar-refractivity contribution in [3.63, 3.8) is 0 Å². The van der Waals surface area contributed by atoms with Gasteiger partial charge in [0.2, 0.25) is 0 Å².